The van der Waals surface area contributed by atoms with Gasteiger partial charge in [-0.25, -0.2) is 0 Å². The first kappa shape index (κ1) is 15.7. The lowest BCUT2D eigenvalue weighted by Crippen LogP contribution is -2.18. The molecule has 0 radical (unpaired) electrons. The third-order valence-electron chi connectivity index (χ3n) is 3.69. The lowest BCUT2D eigenvalue weighted by atomic mass is 10.0. The molecule has 0 aromatic heterocycles. The van der Waals surface area contributed by atoms with Crippen LogP contribution in [-0.4, -0.2) is 19.1 Å². The van der Waals surface area contributed by atoms with Crippen LogP contribution < -0.4 is 14.8 Å². The second-order valence-electron chi connectivity index (χ2n) is 5.68. The maximum atomic E-state index is 12.6. The molecule has 0 spiro atoms. The van der Waals surface area contributed by atoms with Gasteiger partial charge in [-0.2, -0.15) is 0 Å². The zero-order chi connectivity index (χ0) is 16.4. The van der Waals surface area contributed by atoms with E-state index in [9.17, 15) is 4.79 Å². The molecule has 1 amide bonds. The van der Waals surface area contributed by atoms with Crippen LogP contribution in [0, 0.1) is 0 Å². The highest BCUT2D eigenvalue weighted by Gasteiger charge is 2.20. The van der Waals surface area contributed by atoms with E-state index in [1.165, 1.54) is 0 Å². The van der Waals surface area contributed by atoms with E-state index in [4.69, 9.17) is 21.1 Å². The van der Waals surface area contributed by atoms with Gasteiger partial charge in [0.2, 0.25) is 0 Å². The number of amides is 1. The van der Waals surface area contributed by atoms with E-state index < -0.39 is 0 Å². The van der Waals surface area contributed by atoms with Gasteiger partial charge in [0, 0.05) is 11.3 Å². The van der Waals surface area contributed by atoms with Crippen molar-refractivity contribution in [1.29, 1.82) is 0 Å². The summed E-state index contributed by atoms with van der Waals surface area (Å²) < 4.78 is 11.0. The number of para-hydroxylation sites is 1. The Balaban J connectivity index is 1.88. The maximum absolute atomic E-state index is 12.6. The van der Waals surface area contributed by atoms with Crippen molar-refractivity contribution in [1.82, 2.24) is 0 Å². The van der Waals surface area contributed by atoms with Crippen molar-refractivity contribution >= 4 is 23.2 Å². The van der Waals surface area contributed by atoms with Gasteiger partial charge in [-0.05, 0) is 29.7 Å². The Labute approximate surface area is 140 Å². The van der Waals surface area contributed by atoms with E-state index in [1.54, 1.807) is 12.1 Å². The number of ether oxygens (including phenoxy) is 2. The molecule has 1 aliphatic heterocycles. The van der Waals surface area contributed by atoms with E-state index in [1.807, 2.05) is 24.3 Å². The number of hydrogen-bond donors (Lipinski definition) is 1. The predicted molar refractivity (Wildman–Crippen MR) is 90.9 cm³/mol. The molecule has 3 rings (SSSR count). The fourth-order valence-electron chi connectivity index (χ4n) is 2.55. The number of carbonyl (C=O) groups excluding carboxylic acids is 1. The van der Waals surface area contributed by atoms with E-state index in [-0.39, 0.29) is 5.91 Å². The summed E-state index contributed by atoms with van der Waals surface area (Å²) in [5.41, 5.74) is 2.33. The van der Waals surface area contributed by atoms with Crippen LogP contribution >= 0.6 is 11.6 Å². The molecule has 0 saturated carbocycles. The summed E-state index contributed by atoms with van der Waals surface area (Å²) >= 11 is 6.19. The van der Waals surface area contributed by atoms with Crippen molar-refractivity contribution in [3.63, 3.8) is 0 Å². The highest BCUT2D eigenvalue weighted by Crippen LogP contribution is 2.38. The average molecular weight is 332 g/mol. The summed E-state index contributed by atoms with van der Waals surface area (Å²) in [5.74, 6) is 1.09. The molecule has 0 aliphatic carbocycles. The van der Waals surface area contributed by atoms with Gasteiger partial charge in [-0.3, -0.25) is 4.79 Å². The van der Waals surface area contributed by atoms with Gasteiger partial charge in [-0.1, -0.05) is 43.6 Å². The topological polar surface area (TPSA) is 47.6 Å². The molecule has 5 heteroatoms. The standard InChI is InChI=1S/C18H18ClNO3/c1-11(2)13-5-3-4-6-15(13)20-18(21)12-9-14(19)17-16(10-12)22-7-8-23-17/h3-6,9-11H,7-8H2,1-2H3,(H,20,21). The Bertz CT molecular complexity index is 743. The monoisotopic (exact) mass is 331 g/mol. The van der Waals surface area contributed by atoms with E-state index >= 15 is 0 Å². The Hall–Kier alpha value is -2.20. The number of fused-ring (bicyclic) bond motifs is 1. The molecule has 2 aromatic rings. The summed E-state index contributed by atoms with van der Waals surface area (Å²) in [7, 11) is 0. The lowest BCUT2D eigenvalue weighted by Gasteiger charge is -2.20. The molecule has 0 bridgehead atoms. The van der Waals surface area contributed by atoms with Crippen molar-refractivity contribution in [2.45, 2.75) is 19.8 Å². The molecule has 0 unspecified atom stereocenters. The fourth-order valence-corrected chi connectivity index (χ4v) is 2.82. The van der Waals surface area contributed by atoms with Crippen LogP contribution in [-0.2, 0) is 0 Å². The van der Waals surface area contributed by atoms with Crippen LogP contribution in [0.25, 0.3) is 0 Å². The molecular formula is C18H18ClNO3. The number of carbonyl (C=O) groups is 1. The SMILES string of the molecule is CC(C)c1ccccc1NC(=O)c1cc(Cl)c2c(c1)OCCO2. The van der Waals surface area contributed by atoms with Crippen LogP contribution in [0.2, 0.25) is 5.02 Å². The Morgan fingerprint density at radius 2 is 1.91 bits per heavy atom. The van der Waals surface area contributed by atoms with Crippen molar-refractivity contribution in [2.24, 2.45) is 0 Å². The van der Waals surface area contributed by atoms with Crippen molar-refractivity contribution in [2.75, 3.05) is 18.5 Å². The molecule has 0 fully saturated rings. The second-order valence-corrected chi connectivity index (χ2v) is 6.09. The normalized spacial score (nSPS) is 13.0. The van der Waals surface area contributed by atoms with Crippen LogP contribution in [0.1, 0.15) is 35.7 Å². The quantitative estimate of drug-likeness (QED) is 0.901. The maximum Gasteiger partial charge on any atom is 0.255 e. The average Bonchev–Trinajstić information content (AvgIpc) is 2.55. The van der Waals surface area contributed by atoms with E-state index in [0.29, 0.717) is 41.2 Å². The highest BCUT2D eigenvalue weighted by molar-refractivity contribution is 6.32. The minimum Gasteiger partial charge on any atom is -0.486 e. The minimum atomic E-state index is -0.225. The van der Waals surface area contributed by atoms with Crippen LogP contribution in [0.3, 0.4) is 0 Å². The Morgan fingerprint density at radius 3 is 2.70 bits per heavy atom. The van der Waals surface area contributed by atoms with Crippen molar-refractivity contribution < 1.29 is 14.3 Å². The minimum absolute atomic E-state index is 0.225. The molecule has 1 heterocycles. The van der Waals surface area contributed by atoms with Crippen LogP contribution in [0.15, 0.2) is 36.4 Å². The number of hydrogen-bond acceptors (Lipinski definition) is 3. The first-order valence-corrected chi connectivity index (χ1v) is 7.93. The third-order valence-corrected chi connectivity index (χ3v) is 3.97. The molecule has 23 heavy (non-hydrogen) atoms. The van der Waals surface area contributed by atoms with Crippen LogP contribution in [0.4, 0.5) is 5.69 Å². The molecule has 0 atom stereocenters. The van der Waals surface area contributed by atoms with Gasteiger partial charge in [0.15, 0.2) is 11.5 Å². The number of nitrogens with one attached hydrogen (secondary N) is 1. The van der Waals surface area contributed by atoms with Gasteiger partial charge in [0.05, 0.1) is 5.02 Å². The second kappa shape index (κ2) is 6.50. The first-order valence-electron chi connectivity index (χ1n) is 7.55. The summed E-state index contributed by atoms with van der Waals surface area (Å²) in [6.45, 7) is 5.09. The van der Waals surface area contributed by atoms with Crippen molar-refractivity contribution in [3.05, 3.63) is 52.5 Å². The fraction of sp³-hybridized carbons (Fsp3) is 0.278. The molecule has 1 N–H and O–H groups in total. The summed E-state index contributed by atoms with van der Waals surface area (Å²) in [4.78, 5) is 12.6. The molecule has 2 aromatic carbocycles. The number of anilines is 1. The lowest BCUT2D eigenvalue weighted by molar-refractivity contribution is 0.102. The van der Waals surface area contributed by atoms with E-state index in [2.05, 4.69) is 19.2 Å². The number of rotatable bonds is 3. The highest BCUT2D eigenvalue weighted by atomic mass is 35.5. The largest absolute Gasteiger partial charge is 0.486 e. The Kier molecular flexibility index (Phi) is 4.44. The smallest absolute Gasteiger partial charge is 0.255 e. The van der Waals surface area contributed by atoms with Crippen LogP contribution in [0.5, 0.6) is 11.5 Å². The molecule has 4 nitrogen and oxygen atoms in total. The van der Waals surface area contributed by atoms with Crippen molar-refractivity contribution in [3.8, 4) is 11.5 Å². The predicted octanol–water partition coefficient (Wildman–Crippen LogP) is 4.49. The van der Waals surface area contributed by atoms with E-state index in [0.717, 1.165) is 11.3 Å². The molecular weight excluding hydrogens is 314 g/mol. The number of benzene rings is 2. The molecule has 120 valence electrons. The number of halogens is 1. The summed E-state index contributed by atoms with van der Waals surface area (Å²) in [5, 5.41) is 3.33. The first-order chi connectivity index (χ1) is 11.1. The molecule has 0 saturated heterocycles. The third kappa shape index (κ3) is 3.27. The summed E-state index contributed by atoms with van der Waals surface area (Å²) in [6, 6.07) is 11.0. The zero-order valence-electron chi connectivity index (χ0n) is 13.1. The Morgan fingerprint density at radius 1 is 1.17 bits per heavy atom. The van der Waals surface area contributed by atoms with Gasteiger partial charge >= 0.3 is 0 Å². The van der Waals surface area contributed by atoms with Gasteiger partial charge < -0.3 is 14.8 Å². The molecule has 1 aliphatic rings. The van der Waals surface area contributed by atoms with Gasteiger partial charge in [0.1, 0.15) is 13.2 Å². The van der Waals surface area contributed by atoms with Gasteiger partial charge in [-0.15, -0.1) is 0 Å². The summed E-state index contributed by atoms with van der Waals surface area (Å²) in [6.07, 6.45) is 0. The zero-order valence-corrected chi connectivity index (χ0v) is 13.8. The van der Waals surface area contributed by atoms with Gasteiger partial charge in [0.25, 0.3) is 5.91 Å².